The van der Waals surface area contributed by atoms with Gasteiger partial charge in [0.15, 0.2) is 12.3 Å². The van der Waals surface area contributed by atoms with E-state index in [1.54, 1.807) is 28.9 Å². The second kappa shape index (κ2) is 16.0. The Morgan fingerprint density at radius 2 is 1.69 bits per heavy atom. The van der Waals surface area contributed by atoms with Gasteiger partial charge in [-0.1, -0.05) is 32.0 Å². The van der Waals surface area contributed by atoms with Gasteiger partial charge in [0.05, 0.1) is 25.4 Å². The Bertz CT molecular complexity index is 1450. The van der Waals surface area contributed by atoms with Gasteiger partial charge >= 0.3 is 6.16 Å². The van der Waals surface area contributed by atoms with E-state index in [0.29, 0.717) is 44.8 Å². The minimum Gasteiger partial charge on any atom is -0.467 e. The van der Waals surface area contributed by atoms with Crippen molar-refractivity contribution in [2.24, 2.45) is 5.92 Å². The molecule has 2 N–H and O–H groups in total. The van der Waals surface area contributed by atoms with Gasteiger partial charge in [0.25, 0.3) is 11.8 Å². The first-order valence-corrected chi connectivity index (χ1v) is 16.7. The van der Waals surface area contributed by atoms with Crippen molar-refractivity contribution in [3.05, 3.63) is 42.1 Å². The summed E-state index contributed by atoms with van der Waals surface area (Å²) in [5.74, 6) is -1.37. The third-order valence-corrected chi connectivity index (χ3v) is 8.82. The predicted octanol–water partition coefficient (Wildman–Crippen LogP) is 1.90. The number of ether oxygens (including phenoxy) is 2. The molecule has 3 fully saturated rings. The molecule has 3 aliphatic rings. The number of rotatable bonds is 12. The standard InChI is InChI=1S/C33H45N7O8/c1-4-46-33(45)48-38-18-16-37(17-19-38)32(44)29(22(2)3)35-30(42)25-20-28(40(36-25)24-12-6-5-7-13-24)47-21-27(41)39-15-9-14-26(39)31(43)34-23-10-8-11-23/h5-7,12-13,20,22-23,26,29H,4,8-11,14-19,21H2,1-3H3,(H,34,43)(H,35,42)/t26-,29-/m0/s1. The lowest BCUT2D eigenvalue weighted by atomic mass is 9.93. The average molecular weight is 668 g/mol. The Hall–Kier alpha value is -4.66. The third-order valence-electron chi connectivity index (χ3n) is 8.82. The highest BCUT2D eigenvalue weighted by Gasteiger charge is 2.36. The van der Waals surface area contributed by atoms with Crippen molar-refractivity contribution >= 4 is 29.8 Å². The van der Waals surface area contributed by atoms with Crippen LogP contribution < -0.4 is 15.4 Å². The Kier molecular flexibility index (Phi) is 11.5. The van der Waals surface area contributed by atoms with Crippen molar-refractivity contribution in [2.75, 3.05) is 45.9 Å². The van der Waals surface area contributed by atoms with Crippen molar-refractivity contribution in [3.63, 3.8) is 0 Å². The number of carbonyl (C=O) groups excluding carboxylic acids is 5. The fourth-order valence-electron chi connectivity index (χ4n) is 5.91. The van der Waals surface area contributed by atoms with Crippen LogP contribution >= 0.6 is 0 Å². The molecule has 3 heterocycles. The Labute approximate surface area is 279 Å². The highest BCUT2D eigenvalue weighted by molar-refractivity contribution is 5.96. The first kappa shape index (κ1) is 34.7. The van der Waals surface area contributed by atoms with Crippen LogP contribution in [0.4, 0.5) is 4.79 Å². The lowest BCUT2D eigenvalue weighted by Gasteiger charge is -2.35. The number of benzene rings is 1. The van der Waals surface area contributed by atoms with Gasteiger partial charge < -0.3 is 34.7 Å². The SMILES string of the molecule is CCOC(=O)ON1CCN(C(=O)[C@@H](NC(=O)c2cc(OCC(=O)N3CCC[C@H]3C(=O)NC3CCC3)n(-c3ccccc3)n2)C(C)C)CC1. The van der Waals surface area contributed by atoms with Gasteiger partial charge in [-0.25, -0.2) is 9.48 Å². The van der Waals surface area contributed by atoms with Gasteiger partial charge in [-0.05, 0) is 57.1 Å². The number of nitrogens with one attached hydrogen (secondary N) is 2. The maximum atomic E-state index is 13.5. The number of aromatic nitrogens is 2. The van der Waals surface area contributed by atoms with Crippen LogP contribution in [0.3, 0.4) is 0 Å². The van der Waals surface area contributed by atoms with Gasteiger partial charge in [0, 0.05) is 31.7 Å². The second-order valence-corrected chi connectivity index (χ2v) is 12.5. The molecule has 2 atom stereocenters. The van der Waals surface area contributed by atoms with E-state index in [1.165, 1.54) is 15.8 Å². The normalized spacial score (nSPS) is 19.0. The molecule has 0 spiro atoms. The molecule has 2 aliphatic heterocycles. The van der Waals surface area contributed by atoms with Crippen LogP contribution in [0.5, 0.6) is 5.88 Å². The van der Waals surface area contributed by atoms with Crippen LogP contribution in [0.15, 0.2) is 36.4 Å². The van der Waals surface area contributed by atoms with Crippen LogP contribution in [0, 0.1) is 5.92 Å². The molecule has 260 valence electrons. The average Bonchev–Trinajstić information content (AvgIpc) is 3.73. The quantitative estimate of drug-likeness (QED) is 0.320. The molecule has 15 nitrogen and oxygen atoms in total. The van der Waals surface area contributed by atoms with Crippen molar-refractivity contribution < 1.29 is 38.3 Å². The van der Waals surface area contributed by atoms with E-state index in [-0.39, 0.29) is 54.5 Å². The number of hydrogen-bond acceptors (Lipinski definition) is 10. The summed E-state index contributed by atoms with van der Waals surface area (Å²) in [6.07, 6.45) is 3.57. The molecule has 0 bridgehead atoms. The van der Waals surface area contributed by atoms with E-state index >= 15 is 0 Å². The second-order valence-electron chi connectivity index (χ2n) is 12.5. The zero-order chi connectivity index (χ0) is 34.2. The van der Waals surface area contributed by atoms with Crippen molar-refractivity contribution in [1.29, 1.82) is 0 Å². The highest BCUT2D eigenvalue weighted by Crippen LogP contribution is 2.24. The summed E-state index contributed by atoms with van der Waals surface area (Å²) in [7, 11) is 0. The number of hydrogen-bond donors (Lipinski definition) is 2. The number of amides is 4. The zero-order valence-corrected chi connectivity index (χ0v) is 27.8. The molecule has 1 saturated carbocycles. The molecule has 5 rings (SSSR count). The van der Waals surface area contributed by atoms with Gasteiger partial charge in [-0.15, -0.1) is 5.06 Å². The summed E-state index contributed by atoms with van der Waals surface area (Å²) in [5, 5.41) is 11.8. The topological polar surface area (TPSA) is 165 Å². The molecule has 4 amide bonds. The molecule has 2 aromatic rings. The van der Waals surface area contributed by atoms with E-state index in [0.717, 1.165) is 25.7 Å². The van der Waals surface area contributed by atoms with Crippen LogP contribution in [0.1, 0.15) is 63.4 Å². The van der Waals surface area contributed by atoms with E-state index < -0.39 is 24.1 Å². The van der Waals surface area contributed by atoms with Crippen molar-refractivity contribution in [3.8, 4) is 11.6 Å². The summed E-state index contributed by atoms with van der Waals surface area (Å²) in [5.41, 5.74) is 0.614. The largest absolute Gasteiger partial charge is 0.527 e. The number of carbonyl (C=O) groups is 5. The molecule has 1 aromatic heterocycles. The summed E-state index contributed by atoms with van der Waals surface area (Å²) < 4.78 is 12.2. The minimum absolute atomic E-state index is 0.00586. The molecular weight excluding hydrogens is 622 g/mol. The van der Waals surface area contributed by atoms with E-state index in [4.69, 9.17) is 14.3 Å². The van der Waals surface area contributed by atoms with Crippen LogP contribution in [0.25, 0.3) is 5.69 Å². The fraction of sp³-hybridized carbons (Fsp3) is 0.576. The number of nitrogens with zero attached hydrogens (tertiary/aromatic N) is 5. The summed E-state index contributed by atoms with van der Waals surface area (Å²) in [6.45, 7) is 6.87. The molecule has 48 heavy (non-hydrogen) atoms. The number of hydroxylamine groups is 2. The zero-order valence-electron chi connectivity index (χ0n) is 27.8. The predicted molar refractivity (Wildman–Crippen MR) is 172 cm³/mol. The van der Waals surface area contributed by atoms with E-state index in [9.17, 15) is 24.0 Å². The van der Waals surface area contributed by atoms with E-state index in [2.05, 4.69) is 15.7 Å². The molecular formula is C33H45N7O8. The third kappa shape index (κ3) is 8.43. The Morgan fingerprint density at radius 3 is 2.33 bits per heavy atom. The number of likely N-dealkylation sites (tertiary alicyclic amines) is 1. The lowest BCUT2D eigenvalue weighted by molar-refractivity contribution is -0.158. The van der Waals surface area contributed by atoms with Gasteiger partial charge in [0.2, 0.25) is 17.7 Å². The number of piperazine rings is 1. The maximum absolute atomic E-state index is 13.5. The van der Waals surface area contributed by atoms with Crippen LogP contribution in [-0.4, -0.2) is 118 Å². The van der Waals surface area contributed by atoms with Crippen LogP contribution in [0.2, 0.25) is 0 Å². The van der Waals surface area contributed by atoms with Gasteiger partial charge in [-0.3, -0.25) is 19.2 Å². The number of para-hydroxylation sites is 1. The monoisotopic (exact) mass is 667 g/mol. The molecule has 0 radical (unpaired) electrons. The summed E-state index contributed by atoms with van der Waals surface area (Å²) in [6, 6.07) is 9.29. The first-order chi connectivity index (χ1) is 23.1. The Morgan fingerprint density at radius 1 is 0.958 bits per heavy atom. The van der Waals surface area contributed by atoms with Gasteiger partial charge in [0.1, 0.15) is 12.1 Å². The minimum atomic E-state index is -0.846. The first-order valence-electron chi connectivity index (χ1n) is 16.7. The smallest absolute Gasteiger partial charge is 0.467 e. The molecule has 15 heteroatoms. The summed E-state index contributed by atoms with van der Waals surface area (Å²) in [4.78, 5) is 73.2. The fourth-order valence-corrected chi connectivity index (χ4v) is 5.91. The van der Waals surface area contributed by atoms with Crippen molar-refractivity contribution in [2.45, 2.75) is 71.0 Å². The molecule has 1 aromatic carbocycles. The lowest BCUT2D eigenvalue weighted by Crippen LogP contribution is -2.56. The van der Waals surface area contributed by atoms with Crippen molar-refractivity contribution in [1.82, 2.24) is 35.3 Å². The summed E-state index contributed by atoms with van der Waals surface area (Å²) >= 11 is 0. The molecule has 2 saturated heterocycles. The molecule has 1 aliphatic carbocycles. The Balaban J connectivity index is 1.24. The molecule has 0 unspecified atom stereocenters. The van der Waals surface area contributed by atoms with E-state index in [1.807, 2.05) is 32.0 Å². The highest BCUT2D eigenvalue weighted by atomic mass is 16.8. The van der Waals surface area contributed by atoms with Gasteiger partial charge in [-0.2, -0.15) is 5.10 Å². The van der Waals surface area contributed by atoms with Crippen LogP contribution in [-0.2, 0) is 24.0 Å². The maximum Gasteiger partial charge on any atom is 0.527 e.